The zero-order chi connectivity index (χ0) is 33.0. The molecular weight excluding hydrogens is 620 g/mol. The Balaban J connectivity index is 0.957. The number of nitrogens with zero attached hydrogens (tertiary/aromatic N) is 2. The molecule has 250 valence electrons. The SMILES string of the molecule is COC(=O)c1ccc(C(=O)N2CCOC3(CCN(Cc4cccc(CCNC[C@@H](O)C5(O)C=CC=C6NC(=O)CC=C65)c4)CC3)C2)s1. The number of esters is 1. The molecule has 2 atom stereocenters. The van der Waals surface area contributed by atoms with Crippen molar-refractivity contribution in [2.45, 2.75) is 49.5 Å². The van der Waals surface area contributed by atoms with Crippen LogP contribution in [0.2, 0.25) is 0 Å². The summed E-state index contributed by atoms with van der Waals surface area (Å²) in [7, 11) is 1.33. The number of piperidine rings is 1. The normalized spacial score (nSPS) is 23.0. The van der Waals surface area contributed by atoms with Gasteiger partial charge in [0.1, 0.15) is 16.6 Å². The molecular formula is C35H42N4O7S. The van der Waals surface area contributed by atoms with Gasteiger partial charge in [-0.25, -0.2) is 4.79 Å². The molecule has 4 heterocycles. The van der Waals surface area contributed by atoms with Crippen molar-refractivity contribution in [2.75, 3.05) is 53.0 Å². The van der Waals surface area contributed by atoms with Gasteiger partial charge in [-0.05, 0) is 61.2 Å². The zero-order valence-electron chi connectivity index (χ0n) is 26.6. The third-order valence-electron chi connectivity index (χ3n) is 9.44. The smallest absolute Gasteiger partial charge is 0.348 e. The summed E-state index contributed by atoms with van der Waals surface area (Å²) in [5.41, 5.74) is 1.55. The number of hydrogen-bond donors (Lipinski definition) is 4. The Morgan fingerprint density at radius 1 is 1.15 bits per heavy atom. The van der Waals surface area contributed by atoms with Crippen LogP contribution in [0.3, 0.4) is 0 Å². The third-order valence-corrected chi connectivity index (χ3v) is 10.5. The van der Waals surface area contributed by atoms with E-state index in [0.29, 0.717) is 47.3 Å². The molecule has 1 spiro atoms. The van der Waals surface area contributed by atoms with Crippen molar-refractivity contribution in [3.8, 4) is 0 Å². The Labute approximate surface area is 278 Å². The molecule has 2 saturated heterocycles. The number of rotatable bonds is 10. The van der Waals surface area contributed by atoms with Crippen molar-refractivity contribution in [1.29, 1.82) is 0 Å². The number of aliphatic hydroxyl groups is 2. The van der Waals surface area contributed by atoms with E-state index in [2.05, 4.69) is 39.8 Å². The number of aliphatic hydroxyl groups excluding tert-OH is 1. The Kier molecular flexibility index (Phi) is 10.1. The number of carbonyl (C=O) groups is 3. The molecule has 12 heteroatoms. The van der Waals surface area contributed by atoms with Gasteiger partial charge in [-0.2, -0.15) is 0 Å². The van der Waals surface area contributed by atoms with Crippen molar-refractivity contribution >= 4 is 29.1 Å². The van der Waals surface area contributed by atoms with Crippen LogP contribution in [0.1, 0.15) is 49.7 Å². The highest BCUT2D eigenvalue weighted by atomic mass is 32.1. The maximum Gasteiger partial charge on any atom is 0.348 e. The number of nitrogens with one attached hydrogen (secondary N) is 2. The first-order valence-corrected chi connectivity index (χ1v) is 16.9. The molecule has 11 nitrogen and oxygen atoms in total. The summed E-state index contributed by atoms with van der Waals surface area (Å²) >= 11 is 1.16. The molecule has 0 saturated carbocycles. The number of hydrogen-bond acceptors (Lipinski definition) is 10. The lowest BCUT2D eigenvalue weighted by atomic mass is 9.80. The van der Waals surface area contributed by atoms with Crippen LogP contribution in [0, 0.1) is 0 Å². The summed E-state index contributed by atoms with van der Waals surface area (Å²) in [5, 5.41) is 28.2. The van der Waals surface area contributed by atoms with Gasteiger partial charge in [-0.1, -0.05) is 36.4 Å². The van der Waals surface area contributed by atoms with Crippen molar-refractivity contribution in [1.82, 2.24) is 20.4 Å². The Hall–Kier alpha value is -3.65. The second-order valence-electron chi connectivity index (χ2n) is 12.6. The fourth-order valence-electron chi connectivity index (χ4n) is 6.78. The first-order valence-electron chi connectivity index (χ1n) is 16.1. The lowest BCUT2D eigenvalue weighted by Gasteiger charge is -2.47. The summed E-state index contributed by atoms with van der Waals surface area (Å²) in [6.07, 6.45) is 8.17. The van der Waals surface area contributed by atoms with Crippen molar-refractivity contribution in [3.63, 3.8) is 0 Å². The molecule has 1 aliphatic carbocycles. The Morgan fingerprint density at radius 2 is 1.94 bits per heavy atom. The molecule has 1 aromatic heterocycles. The van der Waals surface area contributed by atoms with E-state index in [4.69, 9.17) is 9.47 Å². The minimum absolute atomic E-state index is 0.0688. The van der Waals surface area contributed by atoms with Crippen LogP contribution in [-0.4, -0.2) is 108 Å². The molecule has 0 bridgehead atoms. The first-order chi connectivity index (χ1) is 22.7. The van der Waals surface area contributed by atoms with Crippen LogP contribution in [0.5, 0.6) is 0 Å². The van der Waals surface area contributed by atoms with Crippen LogP contribution in [-0.2, 0) is 27.2 Å². The summed E-state index contributed by atoms with van der Waals surface area (Å²) < 4.78 is 11.1. The van der Waals surface area contributed by atoms with E-state index in [9.17, 15) is 24.6 Å². The standard InChI is InChI=1S/C35H42N4O7S/c1-45-33(43)29-9-8-28(47-29)32(42)39-18-19-46-34(23-39)13-16-38(17-14-34)22-25-5-2-4-24(20-25)11-15-36-21-30(40)35(44)12-3-6-27-26(35)7-10-31(41)37-27/h2-9,12,20,30,36,40,44H,10-11,13-19,21-23H2,1H3,(H,37,41)/t30-,35?/m1/s1. The van der Waals surface area contributed by atoms with Crippen LogP contribution >= 0.6 is 11.3 Å². The molecule has 2 fully saturated rings. The lowest BCUT2D eigenvalue weighted by Crippen LogP contribution is -2.57. The average molecular weight is 663 g/mol. The van der Waals surface area contributed by atoms with Crippen LogP contribution in [0.25, 0.3) is 0 Å². The minimum atomic E-state index is -1.56. The second kappa shape index (κ2) is 14.2. The van der Waals surface area contributed by atoms with Gasteiger partial charge in [0.25, 0.3) is 5.91 Å². The van der Waals surface area contributed by atoms with E-state index in [1.165, 1.54) is 18.2 Å². The Bertz CT molecular complexity index is 1590. The number of fused-ring (bicyclic) bond motifs is 1. The number of thiophene rings is 1. The van der Waals surface area contributed by atoms with Crippen LogP contribution < -0.4 is 10.6 Å². The maximum absolute atomic E-state index is 13.2. The van der Waals surface area contributed by atoms with Crippen molar-refractivity contribution < 1.29 is 34.1 Å². The number of amides is 2. The van der Waals surface area contributed by atoms with Gasteiger partial charge in [-0.3, -0.25) is 14.5 Å². The zero-order valence-corrected chi connectivity index (χ0v) is 27.4. The van der Waals surface area contributed by atoms with Gasteiger partial charge in [0.05, 0.1) is 30.7 Å². The molecule has 2 amide bonds. The highest BCUT2D eigenvalue weighted by Crippen LogP contribution is 2.34. The lowest BCUT2D eigenvalue weighted by molar-refractivity contribution is -0.127. The van der Waals surface area contributed by atoms with Crippen LogP contribution in [0.15, 0.2) is 72.0 Å². The molecule has 1 aromatic carbocycles. The molecule has 3 aliphatic heterocycles. The van der Waals surface area contributed by atoms with Crippen molar-refractivity contribution in [3.05, 3.63) is 92.9 Å². The molecule has 4 aliphatic rings. The topological polar surface area (TPSA) is 141 Å². The Morgan fingerprint density at radius 3 is 2.74 bits per heavy atom. The predicted octanol–water partition coefficient (Wildman–Crippen LogP) is 2.17. The largest absolute Gasteiger partial charge is 0.465 e. The van der Waals surface area contributed by atoms with Gasteiger partial charge < -0.3 is 35.2 Å². The predicted molar refractivity (Wildman–Crippen MR) is 177 cm³/mol. The monoisotopic (exact) mass is 662 g/mol. The minimum Gasteiger partial charge on any atom is -0.465 e. The van der Waals surface area contributed by atoms with Gasteiger partial charge in [-0.15, -0.1) is 11.3 Å². The molecule has 1 unspecified atom stereocenters. The number of ether oxygens (including phenoxy) is 2. The number of morpholine rings is 1. The molecule has 2 aromatic rings. The average Bonchev–Trinajstić information content (AvgIpc) is 3.58. The third kappa shape index (κ3) is 7.43. The second-order valence-corrected chi connectivity index (χ2v) is 13.7. The van der Waals surface area contributed by atoms with E-state index in [1.807, 2.05) is 4.90 Å². The molecule has 47 heavy (non-hydrogen) atoms. The van der Waals surface area contributed by atoms with E-state index in [-0.39, 0.29) is 30.4 Å². The van der Waals surface area contributed by atoms with Gasteiger partial charge in [0.15, 0.2) is 0 Å². The van der Waals surface area contributed by atoms with E-state index >= 15 is 0 Å². The number of allylic oxidation sites excluding steroid dienone is 2. The summed E-state index contributed by atoms with van der Waals surface area (Å²) in [4.78, 5) is 42.0. The molecule has 4 N–H and O–H groups in total. The van der Waals surface area contributed by atoms with Gasteiger partial charge >= 0.3 is 5.97 Å². The van der Waals surface area contributed by atoms with E-state index in [0.717, 1.165) is 50.2 Å². The number of benzene rings is 1. The molecule has 6 rings (SSSR count). The summed E-state index contributed by atoms with van der Waals surface area (Å²) in [5.74, 6) is -0.637. The number of methoxy groups -OCH3 is 1. The fraction of sp³-hybridized carbons (Fsp3) is 0.457. The quantitative estimate of drug-likeness (QED) is 0.223. The van der Waals surface area contributed by atoms with Crippen LogP contribution in [0.4, 0.5) is 0 Å². The van der Waals surface area contributed by atoms with Crippen molar-refractivity contribution in [2.24, 2.45) is 0 Å². The maximum atomic E-state index is 13.2. The fourth-order valence-corrected chi connectivity index (χ4v) is 7.67. The summed E-state index contributed by atoms with van der Waals surface area (Å²) in [6.45, 7) is 4.96. The molecule has 0 radical (unpaired) electrons. The highest BCUT2D eigenvalue weighted by molar-refractivity contribution is 7.15. The number of carbonyl (C=O) groups excluding carboxylic acids is 3. The summed E-state index contributed by atoms with van der Waals surface area (Å²) in [6, 6.07) is 11.9. The van der Waals surface area contributed by atoms with Gasteiger partial charge in [0, 0.05) is 50.4 Å². The van der Waals surface area contributed by atoms with Gasteiger partial charge in [0.2, 0.25) is 5.91 Å². The number of likely N-dealkylation sites (tertiary alicyclic amines) is 1. The highest BCUT2D eigenvalue weighted by Gasteiger charge is 2.42. The van der Waals surface area contributed by atoms with E-state index in [1.54, 1.807) is 36.4 Å². The van der Waals surface area contributed by atoms with E-state index < -0.39 is 17.7 Å². The first kappa shape index (κ1) is 33.3.